The van der Waals surface area contributed by atoms with E-state index < -0.39 is 17.7 Å². The molecule has 1 amide bonds. The summed E-state index contributed by atoms with van der Waals surface area (Å²) in [6.45, 7) is 3.27. The summed E-state index contributed by atoms with van der Waals surface area (Å²) in [7, 11) is 0. The molecule has 174 valence electrons. The van der Waals surface area contributed by atoms with Gasteiger partial charge in [-0.2, -0.15) is 0 Å². The highest BCUT2D eigenvalue weighted by Gasteiger charge is 2.20. The molecule has 0 aliphatic rings. The summed E-state index contributed by atoms with van der Waals surface area (Å²) in [6.07, 6.45) is -0.164. The number of esters is 1. The first-order chi connectivity index (χ1) is 15.8. The fourth-order valence-electron chi connectivity index (χ4n) is 3.32. The molecule has 0 aliphatic heterocycles. The van der Waals surface area contributed by atoms with E-state index in [1.165, 1.54) is 6.07 Å². The van der Waals surface area contributed by atoms with E-state index >= 15 is 0 Å². The van der Waals surface area contributed by atoms with Crippen LogP contribution in [-0.4, -0.2) is 28.8 Å². The number of ether oxygens (including phenoxy) is 2. The number of hydrogen-bond acceptors (Lipinski definition) is 6. The van der Waals surface area contributed by atoms with Gasteiger partial charge in [0.25, 0.3) is 0 Å². The fourth-order valence-corrected chi connectivity index (χ4v) is 3.89. The zero-order chi connectivity index (χ0) is 24.0. The Labute approximate surface area is 207 Å². The first kappa shape index (κ1) is 25.0. The van der Waals surface area contributed by atoms with Crippen molar-refractivity contribution in [1.82, 2.24) is 5.32 Å². The number of aryl methyl sites for hydroxylation is 2. The Balaban J connectivity index is 1.75. The highest BCUT2D eigenvalue weighted by atomic mass is 79.9. The third kappa shape index (κ3) is 6.68. The van der Waals surface area contributed by atoms with E-state index in [2.05, 4.69) is 37.2 Å². The molecule has 0 unspecified atom stereocenters. The highest BCUT2D eigenvalue weighted by molar-refractivity contribution is 9.12. The van der Waals surface area contributed by atoms with Crippen molar-refractivity contribution in [2.24, 2.45) is 0 Å². The van der Waals surface area contributed by atoms with Crippen LogP contribution in [0.4, 0.5) is 4.79 Å². The molecule has 0 fully saturated rings. The third-order valence-electron chi connectivity index (χ3n) is 4.91. The molecule has 0 saturated heterocycles. The molecule has 3 aromatic rings. The number of nitrogens with one attached hydrogen (secondary N) is 1. The minimum absolute atomic E-state index is 0.0905. The Morgan fingerprint density at radius 1 is 1.15 bits per heavy atom. The average Bonchev–Trinajstić information content (AvgIpc) is 2.80. The van der Waals surface area contributed by atoms with Crippen LogP contribution in [0.2, 0.25) is 0 Å². The van der Waals surface area contributed by atoms with Crippen LogP contribution in [0.5, 0.6) is 5.75 Å². The molecule has 33 heavy (non-hydrogen) atoms. The van der Waals surface area contributed by atoms with Crippen molar-refractivity contribution in [2.75, 3.05) is 11.9 Å². The molecule has 0 saturated carbocycles. The molecule has 7 nitrogen and oxygen atoms in total. The van der Waals surface area contributed by atoms with E-state index in [9.17, 15) is 14.4 Å². The van der Waals surface area contributed by atoms with Crippen LogP contribution in [0, 0.1) is 13.8 Å². The second-order valence-electron chi connectivity index (χ2n) is 7.46. The number of alkyl halides is 2. The molecule has 0 bridgehead atoms. The second-order valence-corrected chi connectivity index (χ2v) is 9.40. The van der Waals surface area contributed by atoms with Gasteiger partial charge in [0.2, 0.25) is 0 Å². The van der Waals surface area contributed by atoms with Crippen molar-refractivity contribution in [2.45, 2.75) is 31.7 Å². The number of alkyl carbamates (subject to hydrolysis) is 1. The number of fused-ring (bicyclic) bond motifs is 1. The predicted octanol–water partition coefficient (Wildman–Crippen LogP) is 4.94. The molecular weight excluding hydrogens is 558 g/mol. The number of rotatable bonds is 8. The molecule has 1 N–H and O–H groups in total. The van der Waals surface area contributed by atoms with Crippen LogP contribution < -0.4 is 15.7 Å². The summed E-state index contributed by atoms with van der Waals surface area (Å²) in [6, 6.07) is 12.5. The lowest BCUT2D eigenvalue weighted by Gasteiger charge is -2.17. The molecule has 1 atom stereocenters. The van der Waals surface area contributed by atoms with Crippen LogP contribution in [0.1, 0.15) is 22.3 Å². The van der Waals surface area contributed by atoms with Gasteiger partial charge in [-0.15, -0.1) is 0 Å². The number of carbonyl (C=O) groups is 2. The van der Waals surface area contributed by atoms with E-state index in [0.29, 0.717) is 28.6 Å². The number of benzene rings is 2. The maximum atomic E-state index is 12.5. The van der Waals surface area contributed by atoms with Crippen molar-refractivity contribution >= 4 is 54.9 Å². The Morgan fingerprint density at radius 2 is 1.88 bits per heavy atom. The fraction of sp³-hybridized carbons (Fsp3) is 0.292. The summed E-state index contributed by atoms with van der Waals surface area (Å²) < 4.78 is 16.1. The lowest BCUT2D eigenvalue weighted by Crippen LogP contribution is -2.32. The second kappa shape index (κ2) is 11.5. The van der Waals surface area contributed by atoms with Gasteiger partial charge in [-0.3, -0.25) is 0 Å². The monoisotopic (exact) mass is 579 g/mol. The molecule has 1 aromatic heterocycles. The van der Waals surface area contributed by atoms with Gasteiger partial charge >= 0.3 is 17.7 Å². The molecule has 9 heteroatoms. The Bertz CT molecular complexity index is 1210. The largest absolute Gasteiger partial charge is 0.445 e. The van der Waals surface area contributed by atoms with Gasteiger partial charge in [0, 0.05) is 27.2 Å². The van der Waals surface area contributed by atoms with Gasteiger partial charge in [-0.1, -0.05) is 62.2 Å². The van der Waals surface area contributed by atoms with Crippen molar-refractivity contribution in [1.29, 1.82) is 0 Å². The number of hydrogen-bond donors (Lipinski definition) is 1. The van der Waals surface area contributed by atoms with Gasteiger partial charge in [-0.25, -0.2) is 14.4 Å². The first-order valence-corrected chi connectivity index (χ1v) is 12.2. The Kier molecular flexibility index (Phi) is 8.68. The third-order valence-corrected chi connectivity index (χ3v) is 7.21. The molecule has 3 rings (SSSR count). The standard InChI is InChI=1S/C24H23Br2NO6/c1-14-8-20(28)32-23-15(2)22(17(10-19(14)23)9-18(26)11-25)33-21(29)12-27-24(30)31-13-16-6-4-3-5-7-16/h3-8,10,18H,9,11-13H2,1-2H3,(H,27,30)/t18-/m0/s1. The Hall–Kier alpha value is -2.65. The summed E-state index contributed by atoms with van der Waals surface area (Å²) >= 11 is 7.02. The van der Waals surface area contributed by atoms with Crippen molar-refractivity contribution in [3.8, 4) is 5.75 Å². The van der Waals surface area contributed by atoms with Gasteiger partial charge in [-0.05, 0) is 43.0 Å². The topological polar surface area (TPSA) is 94.8 Å². The van der Waals surface area contributed by atoms with E-state index in [1.54, 1.807) is 6.92 Å². The minimum Gasteiger partial charge on any atom is -0.445 e. The van der Waals surface area contributed by atoms with Gasteiger partial charge in [0.05, 0.1) is 0 Å². The summed E-state index contributed by atoms with van der Waals surface area (Å²) in [5.41, 5.74) is 2.81. The predicted molar refractivity (Wildman–Crippen MR) is 132 cm³/mol. The summed E-state index contributed by atoms with van der Waals surface area (Å²) in [5.74, 6) is -0.360. The van der Waals surface area contributed by atoms with Crippen molar-refractivity contribution in [3.63, 3.8) is 0 Å². The number of halogens is 2. The summed E-state index contributed by atoms with van der Waals surface area (Å²) in [4.78, 5) is 36.4. The van der Waals surface area contributed by atoms with Crippen LogP contribution in [0.3, 0.4) is 0 Å². The van der Waals surface area contributed by atoms with Crippen LogP contribution in [-0.2, 0) is 22.6 Å². The molecule has 1 heterocycles. The number of carbonyl (C=O) groups excluding carboxylic acids is 2. The zero-order valence-electron chi connectivity index (χ0n) is 18.2. The van der Waals surface area contributed by atoms with Gasteiger partial charge in [0.1, 0.15) is 24.5 Å². The van der Waals surface area contributed by atoms with Crippen LogP contribution in [0.25, 0.3) is 11.0 Å². The zero-order valence-corrected chi connectivity index (χ0v) is 21.3. The highest BCUT2D eigenvalue weighted by Crippen LogP contribution is 2.34. The van der Waals surface area contributed by atoms with Crippen molar-refractivity contribution in [3.05, 3.63) is 75.1 Å². The van der Waals surface area contributed by atoms with Gasteiger partial charge < -0.3 is 19.2 Å². The lowest BCUT2D eigenvalue weighted by atomic mass is 9.99. The van der Waals surface area contributed by atoms with E-state index in [4.69, 9.17) is 13.9 Å². The lowest BCUT2D eigenvalue weighted by molar-refractivity contribution is -0.133. The SMILES string of the molecule is Cc1cc(=O)oc2c(C)c(OC(=O)CNC(=O)OCc3ccccc3)c(C[C@H](Br)CBr)cc12. The maximum absolute atomic E-state index is 12.5. The van der Waals surface area contributed by atoms with Crippen LogP contribution in [0.15, 0.2) is 51.7 Å². The average molecular weight is 581 g/mol. The summed E-state index contributed by atoms with van der Waals surface area (Å²) in [5, 5.41) is 3.86. The van der Waals surface area contributed by atoms with Crippen LogP contribution >= 0.6 is 31.9 Å². The molecule has 0 aliphatic carbocycles. The molecule has 2 aromatic carbocycles. The molecule has 0 radical (unpaired) electrons. The smallest absolute Gasteiger partial charge is 0.407 e. The maximum Gasteiger partial charge on any atom is 0.407 e. The quantitative estimate of drug-likeness (QED) is 0.175. The van der Waals surface area contributed by atoms with E-state index in [0.717, 1.165) is 22.1 Å². The first-order valence-electron chi connectivity index (χ1n) is 10.2. The van der Waals surface area contributed by atoms with E-state index in [-0.39, 0.29) is 18.0 Å². The number of amides is 1. The molecule has 0 spiro atoms. The van der Waals surface area contributed by atoms with Crippen molar-refractivity contribution < 1.29 is 23.5 Å². The van der Waals surface area contributed by atoms with E-state index in [1.807, 2.05) is 43.3 Å². The molecular formula is C24H23Br2NO6. The van der Waals surface area contributed by atoms with Gasteiger partial charge in [0.15, 0.2) is 0 Å². The normalized spacial score (nSPS) is 11.8. The Morgan fingerprint density at radius 3 is 2.58 bits per heavy atom. The minimum atomic E-state index is -0.729.